The lowest BCUT2D eigenvalue weighted by molar-refractivity contribution is 0.403. The van der Waals surface area contributed by atoms with E-state index in [2.05, 4.69) is 82.9 Å². The van der Waals surface area contributed by atoms with Crippen LogP contribution in [0.3, 0.4) is 0 Å². The molecule has 0 aliphatic rings. The summed E-state index contributed by atoms with van der Waals surface area (Å²) in [4.78, 5) is 27.5. The third-order valence-electron chi connectivity index (χ3n) is 10.2. The number of hydrogen-bond acceptors (Lipinski definition) is 7. The smallest absolute Gasteiger partial charge is 0.291 e. The highest BCUT2D eigenvalue weighted by molar-refractivity contribution is 7.16. The Hall–Kier alpha value is -3.57. The van der Waals surface area contributed by atoms with E-state index in [9.17, 15) is 10.1 Å². The van der Waals surface area contributed by atoms with Crippen LogP contribution in [-0.4, -0.2) is 32.7 Å². The van der Waals surface area contributed by atoms with Crippen molar-refractivity contribution in [3.05, 3.63) is 67.7 Å². The number of unbranched alkanes of at least 4 members (excludes halogenated alkanes) is 3. The van der Waals surface area contributed by atoms with Crippen LogP contribution in [-0.2, 0) is 0 Å². The van der Waals surface area contributed by atoms with Gasteiger partial charge in [0.15, 0.2) is 16.6 Å². The molecule has 3 atom stereocenters. The van der Waals surface area contributed by atoms with Crippen LogP contribution in [0, 0.1) is 30.1 Å². The molecule has 0 radical (unpaired) electrons. The summed E-state index contributed by atoms with van der Waals surface area (Å²) in [6, 6.07) is 12.6. The number of fused-ring (bicyclic) bond motifs is 1. The van der Waals surface area contributed by atoms with Crippen LogP contribution in [0.1, 0.15) is 146 Å². The largest absolute Gasteiger partial charge is 0.348 e. The summed E-state index contributed by atoms with van der Waals surface area (Å²) in [5.74, 6) is 2.07. The SMILES string of the molecule is CCCCC(CC)CN(CC(CC)CCCC)c1nc(-c2ccccc2)c(/C=c2\c(C)c(C#N)c(=O)n3nc(C(CC)CCCC)nc23)s1. The van der Waals surface area contributed by atoms with Gasteiger partial charge in [0.05, 0.1) is 10.6 Å². The third-order valence-corrected chi connectivity index (χ3v) is 11.3. The molecule has 4 aromatic rings. The van der Waals surface area contributed by atoms with Crippen molar-refractivity contribution in [2.75, 3.05) is 18.0 Å². The van der Waals surface area contributed by atoms with E-state index in [1.54, 1.807) is 11.3 Å². The predicted molar refractivity (Wildman–Crippen MR) is 206 cm³/mol. The number of rotatable bonds is 20. The number of pyridine rings is 1. The Kier molecular flexibility index (Phi) is 14.8. The van der Waals surface area contributed by atoms with Gasteiger partial charge in [0.2, 0.25) is 0 Å². The van der Waals surface area contributed by atoms with E-state index in [4.69, 9.17) is 15.1 Å². The van der Waals surface area contributed by atoms with Gasteiger partial charge in [-0.2, -0.15) is 9.78 Å². The molecular weight excluding hydrogens is 625 g/mol. The van der Waals surface area contributed by atoms with Gasteiger partial charge in [-0.3, -0.25) is 4.79 Å². The number of aromatic nitrogens is 4. The van der Waals surface area contributed by atoms with Crippen molar-refractivity contribution in [2.24, 2.45) is 11.8 Å². The van der Waals surface area contributed by atoms with E-state index in [1.807, 2.05) is 13.0 Å². The minimum Gasteiger partial charge on any atom is -0.348 e. The van der Waals surface area contributed by atoms with Crippen LogP contribution in [0.15, 0.2) is 35.1 Å². The first-order valence-electron chi connectivity index (χ1n) is 19.0. The molecule has 8 heteroatoms. The van der Waals surface area contributed by atoms with E-state index in [0.717, 1.165) is 78.1 Å². The quantitative estimate of drug-likeness (QED) is 0.0922. The Morgan fingerprint density at radius 2 is 1.49 bits per heavy atom. The highest BCUT2D eigenvalue weighted by atomic mass is 32.1. The minimum absolute atomic E-state index is 0.118. The Morgan fingerprint density at radius 1 is 0.878 bits per heavy atom. The van der Waals surface area contributed by atoms with Crippen LogP contribution in [0.4, 0.5) is 5.13 Å². The molecule has 0 aliphatic heterocycles. The number of thiazole rings is 1. The first-order chi connectivity index (χ1) is 23.8. The van der Waals surface area contributed by atoms with E-state index in [1.165, 1.54) is 43.0 Å². The van der Waals surface area contributed by atoms with Crippen LogP contribution in [0.5, 0.6) is 0 Å². The second-order valence-corrected chi connectivity index (χ2v) is 14.8. The fourth-order valence-electron chi connectivity index (χ4n) is 6.83. The topological polar surface area (TPSA) is 87.2 Å². The summed E-state index contributed by atoms with van der Waals surface area (Å²) in [6.07, 6.45) is 15.8. The maximum atomic E-state index is 13.5. The third kappa shape index (κ3) is 9.36. The summed E-state index contributed by atoms with van der Waals surface area (Å²) >= 11 is 1.71. The average molecular weight is 683 g/mol. The van der Waals surface area contributed by atoms with Gasteiger partial charge in [0.1, 0.15) is 11.6 Å². The molecule has 0 fully saturated rings. The van der Waals surface area contributed by atoms with Crippen LogP contribution < -0.4 is 15.7 Å². The minimum atomic E-state index is -0.397. The maximum Gasteiger partial charge on any atom is 0.291 e. The lowest BCUT2D eigenvalue weighted by atomic mass is 9.96. The zero-order valence-electron chi connectivity index (χ0n) is 31.1. The molecule has 0 N–H and O–H groups in total. The first kappa shape index (κ1) is 38.2. The Bertz CT molecular complexity index is 1750. The first-order valence-corrected chi connectivity index (χ1v) is 19.8. The molecule has 0 bridgehead atoms. The second kappa shape index (κ2) is 19.0. The van der Waals surface area contributed by atoms with Gasteiger partial charge in [-0.25, -0.2) is 9.97 Å². The zero-order chi connectivity index (χ0) is 35.3. The Labute approximate surface area is 298 Å². The zero-order valence-corrected chi connectivity index (χ0v) is 31.9. The monoisotopic (exact) mass is 682 g/mol. The summed E-state index contributed by atoms with van der Waals surface area (Å²) < 4.78 is 1.37. The number of nitrogens with zero attached hydrogens (tertiary/aromatic N) is 6. The molecule has 3 aromatic heterocycles. The maximum absolute atomic E-state index is 13.5. The van der Waals surface area contributed by atoms with E-state index in [-0.39, 0.29) is 11.5 Å². The van der Waals surface area contributed by atoms with Gasteiger partial charge in [-0.1, -0.05) is 135 Å². The molecule has 3 unspecified atom stereocenters. The van der Waals surface area contributed by atoms with Crippen LogP contribution in [0.2, 0.25) is 0 Å². The summed E-state index contributed by atoms with van der Waals surface area (Å²) in [5, 5.41) is 16.7. The van der Waals surface area contributed by atoms with Crippen molar-refractivity contribution < 1.29 is 0 Å². The molecule has 4 rings (SSSR count). The van der Waals surface area contributed by atoms with Crippen LogP contribution in [0.25, 0.3) is 23.0 Å². The Morgan fingerprint density at radius 3 is 2.04 bits per heavy atom. The standard InChI is InChI=1S/C41H58N6OS/c1-8-14-20-30(11-4)27-46(28-31(12-5)21-15-9-2)41-43-37(33-23-18-17-19-24-33)36(49-41)25-34-29(7)35(26-42)40(48)47-39(34)44-38(45-47)32(13-6)22-16-10-3/h17-19,23-25,30-32H,8-16,20-22,27-28H2,1-7H3/b34-25+. The lowest BCUT2D eigenvalue weighted by Gasteiger charge is -2.30. The summed E-state index contributed by atoms with van der Waals surface area (Å²) in [5.41, 5.74) is 2.86. The van der Waals surface area contributed by atoms with Gasteiger partial charge < -0.3 is 4.90 Å². The predicted octanol–water partition coefficient (Wildman–Crippen LogP) is 9.86. The molecule has 0 saturated heterocycles. The molecule has 0 amide bonds. The summed E-state index contributed by atoms with van der Waals surface area (Å²) in [7, 11) is 0. The molecule has 0 saturated carbocycles. The van der Waals surface area contributed by atoms with Gasteiger partial charge in [0.25, 0.3) is 5.56 Å². The van der Waals surface area contributed by atoms with Crippen molar-refractivity contribution in [1.82, 2.24) is 19.6 Å². The normalized spacial score (nSPS) is 13.9. The molecule has 1 aromatic carbocycles. The van der Waals surface area contributed by atoms with Crippen molar-refractivity contribution in [3.8, 4) is 17.3 Å². The fourth-order valence-corrected chi connectivity index (χ4v) is 7.88. The van der Waals surface area contributed by atoms with Gasteiger partial charge >= 0.3 is 0 Å². The number of anilines is 1. The molecule has 49 heavy (non-hydrogen) atoms. The van der Waals surface area contributed by atoms with Crippen molar-refractivity contribution in [1.29, 1.82) is 5.26 Å². The molecule has 0 spiro atoms. The fraction of sp³-hybridized carbons (Fsp3) is 0.585. The molecule has 0 aliphatic carbocycles. The highest BCUT2D eigenvalue weighted by Crippen LogP contribution is 2.36. The second-order valence-electron chi connectivity index (χ2n) is 13.7. The lowest BCUT2D eigenvalue weighted by Crippen LogP contribution is -2.34. The summed E-state index contributed by atoms with van der Waals surface area (Å²) in [6.45, 7) is 17.4. The highest BCUT2D eigenvalue weighted by Gasteiger charge is 2.24. The number of hydrogen-bond donors (Lipinski definition) is 0. The van der Waals surface area contributed by atoms with Crippen molar-refractivity contribution >= 4 is 28.2 Å². The van der Waals surface area contributed by atoms with Gasteiger partial charge in [0, 0.05) is 29.8 Å². The Balaban J connectivity index is 1.95. The average Bonchev–Trinajstić information content (AvgIpc) is 3.76. The van der Waals surface area contributed by atoms with Gasteiger partial charge in [-0.15, -0.1) is 5.10 Å². The van der Waals surface area contributed by atoms with E-state index in [0.29, 0.717) is 28.9 Å². The number of nitriles is 1. The van der Waals surface area contributed by atoms with Crippen molar-refractivity contribution in [3.63, 3.8) is 0 Å². The molecule has 264 valence electrons. The van der Waals surface area contributed by atoms with Crippen molar-refractivity contribution in [2.45, 2.75) is 131 Å². The van der Waals surface area contributed by atoms with E-state index >= 15 is 0 Å². The molecule has 3 heterocycles. The van der Waals surface area contributed by atoms with Crippen LogP contribution >= 0.6 is 11.3 Å². The van der Waals surface area contributed by atoms with Gasteiger partial charge in [-0.05, 0) is 56.1 Å². The molecule has 7 nitrogen and oxygen atoms in total. The number of benzene rings is 1. The molecular formula is C41H58N6OS. The van der Waals surface area contributed by atoms with E-state index < -0.39 is 5.56 Å².